The van der Waals surface area contributed by atoms with Gasteiger partial charge in [0.25, 0.3) is 11.8 Å². The van der Waals surface area contributed by atoms with Crippen LogP contribution in [-0.4, -0.2) is 47.8 Å². The summed E-state index contributed by atoms with van der Waals surface area (Å²) < 4.78 is 13.9. The number of carbonyl (C=O) groups excluding carboxylic acids is 2. The van der Waals surface area contributed by atoms with Gasteiger partial charge in [0.15, 0.2) is 0 Å². The highest BCUT2D eigenvalue weighted by Gasteiger charge is 2.26. The molecule has 0 N–H and O–H groups in total. The monoisotopic (exact) mass is 402 g/mol. The van der Waals surface area contributed by atoms with Crippen molar-refractivity contribution in [1.29, 1.82) is 0 Å². The van der Waals surface area contributed by atoms with Crippen molar-refractivity contribution in [2.24, 2.45) is 0 Å². The van der Waals surface area contributed by atoms with E-state index in [1.165, 1.54) is 22.6 Å². The van der Waals surface area contributed by atoms with Crippen molar-refractivity contribution in [3.8, 4) is 0 Å². The van der Waals surface area contributed by atoms with Gasteiger partial charge < -0.3 is 9.80 Å². The minimum Gasteiger partial charge on any atom is -0.337 e. The fourth-order valence-corrected chi connectivity index (χ4v) is 4.92. The minimum atomic E-state index is -0.501. The second-order valence-electron chi connectivity index (χ2n) is 7.08. The number of carbonyl (C=O) groups is 2. The van der Waals surface area contributed by atoms with Crippen molar-refractivity contribution in [3.05, 3.63) is 57.0 Å². The van der Waals surface area contributed by atoms with Crippen LogP contribution in [-0.2, 0) is 12.8 Å². The van der Waals surface area contributed by atoms with Crippen LogP contribution in [0.15, 0.2) is 30.3 Å². The van der Waals surface area contributed by atoms with E-state index in [0.29, 0.717) is 32.6 Å². The van der Waals surface area contributed by atoms with Gasteiger partial charge in [0.2, 0.25) is 0 Å². The molecule has 1 aliphatic heterocycles. The van der Waals surface area contributed by atoms with E-state index in [1.54, 1.807) is 28.4 Å². The molecule has 0 radical (unpaired) electrons. The molecule has 3 rings (SSSR count). The second-order valence-corrected chi connectivity index (χ2v) is 8.22. The fourth-order valence-electron chi connectivity index (χ4n) is 3.59. The molecule has 0 atom stereocenters. The summed E-state index contributed by atoms with van der Waals surface area (Å²) in [6.45, 7) is 6.31. The van der Waals surface area contributed by atoms with Gasteiger partial charge in [0.1, 0.15) is 5.82 Å². The van der Waals surface area contributed by atoms with Gasteiger partial charge >= 0.3 is 0 Å². The molecule has 2 amide bonds. The average molecular weight is 403 g/mol. The summed E-state index contributed by atoms with van der Waals surface area (Å²) in [6.07, 6.45) is 3.70. The molecular weight excluding hydrogens is 375 g/mol. The largest absolute Gasteiger partial charge is 0.337 e. The molecule has 2 heterocycles. The van der Waals surface area contributed by atoms with Gasteiger partial charge in [-0.05, 0) is 43.0 Å². The third-order valence-electron chi connectivity index (χ3n) is 5.14. The smallest absolute Gasteiger partial charge is 0.263 e. The number of hydrogen-bond acceptors (Lipinski definition) is 3. The van der Waals surface area contributed by atoms with Gasteiger partial charge in [0.05, 0.1) is 10.4 Å². The molecule has 28 heavy (non-hydrogen) atoms. The maximum Gasteiger partial charge on any atom is 0.263 e. The Hall–Kier alpha value is -2.21. The van der Waals surface area contributed by atoms with Crippen LogP contribution in [0.1, 0.15) is 57.2 Å². The lowest BCUT2D eigenvalue weighted by atomic mass is 10.1. The fraction of sp³-hybridized carbons (Fsp3) is 0.455. The third-order valence-corrected chi connectivity index (χ3v) is 6.37. The first kappa shape index (κ1) is 20.5. The van der Waals surface area contributed by atoms with E-state index in [1.807, 2.05) is 11.0 Å². The molecule has 1 aliphatic rings. The molecule has 0 spiro atoms. The number of nitrogens with zero attached hydrogens (tertiary/aromatic N) is 2. The van der Waals surface area contributed by atoms with Crippen LogP contribution in [0.5, 0.6) is 0 Å². The van der Waals surface area contributed by atoms with Crippen LogP contribution in [0.2, 0.25) is 0 Å². The number of rotatable bonds is 5. The van der Waals surface area contributed by atoms with Crippen LogP contribution in [0.25, 0.3) is 0 Å². The Morgan fingerprint density at radius 3 is 2.36 bits per heavy atom. The van der Waals surface area contributed by atoms with Crippen molar-refractivity contribution >= 4 is 23.2 Å². The van der Waals surface area contributed by atoms with Crippen LogP contribution in [0.3, 0.4) is 0 Å². The Labute approximate surface area is 170 Å². The van der Waals surface area contributed by atoms with Gasteiger partial charge in [-0.15, -0.1) is 11.3 Å². The Morgan fingerprint density at radius 1 is 1.04 bits per heavy atom. The third kappa shape index (κ3) is 4.43. The van der Waals surface area contributed by atoms with Crippen LogP contribution >= 0.6 is 11.3 Å². The maximum absolute atomic E-state index is 13.9. The van der Waals surface area contributed by atoms with Crippen LogP contribution in [0, 0.1) is 5.82 Å². The molecular formula is C22H27FN2O2S. The lowest BCUT2D eigenvalue weighted by molar-refractivity contribution is 0.0718. The number of thiophene rings is 1. The summed E-state index contributed by atoms with van der Waals surface area (Å²) in [5.74, 6) is -0.761. The topological polar surface area (TPSA) is 40.6 Å². The molecule has 6 heteroatoms. The molecule has 1 saturated heterocycles. The zero-order valence-electron chi connectivity index (χ0n) is 16.5. The molecule has 0 unspecified atom stereocenters. The van der Waals surface area contributed by atoms with Gasteiger partial charge in [-0.3, -0.25) is 9.59 Å². The summed E-state index contributed by atoms with van der Waals surface area (Å²) in [4.78, 5) is 31.2. The summed E-state index contributed by atoms with van der Waals surface area (Å²) in [5.41, 5.74) is 1.36. The van der Waals surface area contributed by atoms with Gasteiger partial charge in [0, 0.05) is 31.1 Å². The van der Waals surface area contributed by atoms with E-state index < -0.39 is 5.82 Å². The number of amides is 2. The zero-order chi connectivity index (χ0) is 20.1. The molecule has 2 aromatic rings. The van der Waals surface area contributed by atoms with E-state index >= 15 is 0 Å². The summed E-state index contributed by atoms with van der Waals surface area (Å²) in [7, 11) is 0. The van der Waals surface area contributed by atoms with E-state index in [-0.39, 0.29) is 17.4 Å². The number of hydrogen-bond donors (Lipinski definition) is 0. The predicted molar refractivity (Wildman–Crippen MR) is 111 cm³/mol. The van der Waals surface area contributed by atoms with Crippen molar-refractivity contribution in [3.63, 3.8) is 0 Å². The summed E-state index contributed by atoms with van der Waals surface area (Å²) >= 11 is 1.60. The lowest BCUT2D eigenvalue weighted by Crippen LogP contribution is -2.37. The molecule has 1 fully saturated rings. The first-order valence-corrected chi connectivity index (χ1v) is 10.8. The molecule has 1 aromatic carbocycles. The first-order valence-electron chi connectivity index (χ1n) is 9.99. The highest BCUT2D eigenvalue weighted by molar-refractivity contribution is 7.14. The molecule has 0 saturated carbocycles. The Kier molecular flexibility index (Phi) is 6.83. The van der Waals surface area contributed by atoms with Gasteiger partial charge in [-0.2, -0.15) is 0 Å². The zero-order valence-corrected chi connectivity index (χ0v) is 17.4. The molecule has 1 aromatic heterocycles. The number of benzene rings is 1. The normalized spacial score (nSPS) is 14.8. The second kappa shape index (κ2) is 9.32. The minimum absolute atomic E-state index is 0.0437. The molecule has 4 nitrogen and oxygen atoms in total. The Bertz CT molecular complexity index is 849. The quantitative estimate of drug-likeness (QED) is 0.744. The van der Waals surface area contributed by atoms with E-state index in [2.05, 4.69) is 13.8 Å². The first-order chi connectivity index (χ1) is 13.5. The Morgan fingerprint density at radius 2 is 1.71 bits per heavy atom. The number of aryl methyl sites for hydroxylation is 2. The molecule has 0 bridgehead atoms. The Balaban J connectivity index is 1.69. The lowest BCUT2D eigenvalue weighted by Gasteiger charge is -2.22. The standard InChI is InChI=1S/C22H27FN2O2S/c1-3-8-19-16(4-2)15-20(28-19)22(27)25-12-7-11-24(13-14-25)21(26)17-9-5-6-10-18(17)23/h5-6,9-10,15H,3-4,7-8,11-14H2,1-2H3. The van der Waals surface area contributed by atoms with Gasteiger partial charge in [-0.25, -0.2) is 4.39 Å². The van der Waals surface area contributed by atoms with Gasteiger partial charge in [-0.1, -0.05) is 32.4 Å². The maximum atomic E-state index is 13.9. The van der Waals surface area contributed by atoms with Crippen molar-refractivity contribution in [2.75, 3.05) is 26.2 Å². The SMILES string of the molecule is CCCc1sc(C(=O)N2CCCN(C(=O)c3ccccc3F)CC2)cc1CC. The van der Waals surface area contributed by atoms with Crippen molar-refractivity contribution < 1.29 is 14.0 Å². The van der Waals surface area contributed by atoms with E-state index in [9.17, 15) is 14.0 Å². The van der Waals surface area contributed by atoms with Crippen LogP contribution < -0.4 is 0 Å². The van der Waals surface area contributed by atoms with E-state index in [4.69, 9.17) is 0 Å². The highest BCUT2D eigenvalue weighted by Crippen LogP contribution is 2.26. The predicted octanol–water partition coefficient (Wildman–Crippen LogP) is 4.39. The van der Waals surface area contributed by atoms with Crippen molar-refractivity contribution in [1.82, 2.24) is 9.80 Å². The highest BCUT2D eigenvalue weighted by atomic mass is 32.1. The van der Waals surface area contributed by atoms with Crippen molar-refractivity contribution in [2.45, 2.75) is 39.5 Å². The summed E-state index contributed by atoms with van der Waals surface area (Å²) in [5, 5.41) is 0. The average Bonchev–Trinajstić information content (AvgIpc) is 2.95. The van der Waals surface area contributed by atoms with E-state index in [0.717, 1.165) is 24.1 Å². The van der Waals surface area contributed by atoms with Crippen LogP contribution in [0.4, 0.5) is 4.39 Å². The molecule has 0 aliphatic carbocycles. The summed E-state index contributed by atoms with van der Waals surface area (Å²) in [6, 6.07) is 8.09. The molecule has 150 valence electrons. The number of halogens is 1.